The van der Waals surface area contributed by atoms with Crippen LogP contribution in [-0.4, -0.2) is 26.1 Å². The molecule has 0 amide bonds. The first kappa shape index (κ1) is 12.5. The summed E-state index contributed by atoms with van der Waals surface area (Å²) in [5, 5.41) is 0. The summed E-state index contributed by atoms with van der Waals surface area (Å²) in [6.07, 6.45) is -0.0224. The molecule has 18 heavy (non-hydrogen) atoms. The lowest BCUT2D eigenvalue weighted by atomic mass is 10.4. The molecule has 0 spiro atoms. The van der Waals surface area contributed by atoms with E-state index in [4.69, 9.17) is 5.73 Å². The van der Waals surface area contributed by atoms with Crippen LogP contribution < -0.4 is 5.73 Å². The van der Waals surface area contributed by atoms with E-state index in [-0.39, 0.29) is 5.95 Å². The van der Waals surface area contributed by atoms with E-state index in [2.05, 4.69) is 15.0 Å². The van der Waals surface area contributed by atoms with Crippen molar-refractivity contribution in [1.29, 1.82) is 0 Å². The van der Waals surface area contributed by atoms with Crippen LogP contribution in [0.1, 0.15) is 11.5 Å². The molecule has 0 radical (unpaired) electrons. The Bertz CT molecular complexity index is 534. The Morgan fingerprint density at radius 2 is 2.00 bits per heavy atom. The van der Waals surface area contributed by atoms with Gasteiger partial charge in [0.05, 0.1) is 0 Å². The molecule has 0 aliphatic carbocycles. The highest BCUT2D eigenvalue weighted by atomic mass is 19.4. The number of rotatable bonds is 3. The monoisotopic (exact) mass is 257 g/mol. The molecular weight excluding hydrogens is 247 g/mol. The molecule has 0 atom stereocenters. The molecule has 96 valence electrons. The number of aromatic nitrogens is 4. The second-order valence-corrected chi connectivity index (χ2v) is 3.49. The number of hydrogen-bond donors (Lipinski definition) is 1. The minimum absolute atomic E-state index is 0.0641. The van der Waals surface area contributed by atoms with Crippen LogP contribution in [-0.2, 0) is 12.6 Å². The topological polar surface area (TPSA) is 69.6 Å². The molecule has 2 aromatic heterocycles. The Labute approximate surface area is 100 Å². The zero-order valence-corrected chi connectivity index (χ0v) is 9.22. The molecule has 0 saturated carbocycles. The predicted molar refractivity (Wildman–Crippen MR) is 56.9 cm³/mol. The lowest BCUT2D eigenvalue weighted by Gasteiger charge is -2.08. The van der Waals surface area contributed by atoms with Gasteiger partial charge < -0.3 is 5.73 Å². The summed E-state index contributed by atoms with van der Waals surface area (Å²) in [5.74, 6) is 0.461. The third-order valence-corrected chi connectivity index (χ3v) is 2.23. The standard InChI is InChI=1S/C10H10F3N5/c11-10(12,13)7-2-4-16-9(17-7)18-6-5-15-8(18)1-3-14/h2,4-6H,1,3,14H2. The Balaban J connectivity index is 2.42. The molecule has 0 bridgehead atoms. The molecule has 0 aromatic carbocycles. The summed E-state index contributed by atoms with van der Waals surface area (Å²) in [7, 11) is 0. The van der Waals surface area contributed by atoms with Gasteiger partial charge in [0.1, 0.15) is 11.5 Å². The van der Waals surface area contributed by atoms with E-state index in [1.54, 1.807) is 0 Å². The normalized spacial score (nSPS) is 11.8. The highest BCUT2D eigenvalue weighted by Gasteiger charge is 2.33. The van der Waals surface area contributed by atoms with E-state index in [1.165, 1.54) is 17.0 Å². The maximum absolute atomic E-state index is 12.5. The summed E-state index contributed by atoms with van der Waals surface area (Å²) >= 11 is 0. The molecule has 2 N–H and O–H groups in total. The molecule has 5 nitrogen and oxygen atoms in total. The van der Waals surface area contributed by atoms with Crippen LogP contribution in [0.15, 0.2) is 24.7 Å². The lowest BCUT2D eigenvalue weighted by Crippen LogP contribution is -2.14. The second kappa shape index (κ2) is 4.73. The molecule has 0 aliphatic heterocycles. The lowest BCUT2D eigenvalue weighted by molar-refractivity contribution is -0.141. The Morgan fingerprint density at radius 1 is 1.22 bits per heavy atom. The van der Waals surface area contributed by atoms with Gasteiger partial charge in [0.25, 0.3) is 0 Å². The first-order valence-corrected chi connectivity index (χ1v) is 5.15. The van der Waals surface area contributed by atoms with Crippen molar-refractivity contribution >= 4 is 0 Å². The van der Waals surface area contributed by atoms with Crippen LogP contribution in [0.2, 0.25) is 0 Å². The fourth-order valence-electron chi connectivity index (χ4n) is 1.45. The van der Waals surface area contributed by atoms with E-state index >= 15 is 0 Å². The molecule has 8 heteroatoms. The number of halogens is 3. The first-order valence-electron chi connectivity index (χ1n) is 5.15. The van der Waals surface area contributed by atoms with Gasteiger partial charge in [-0.25, -0.2) is 15.0 Å². The van der Waals surface area contributed by atoms with Crippen LogP contribution in [0.4, 0.5) is 13.2 Å². The minimum atomic E-state index is -4.49. The van der Waals surface area contributed by atoms with Crippen molar-refractivity contribution in [2.45, 2.75) is 12.6 Å². The highest BCUT2D eigenvalue weighted by Crippen LogP contribution is 2.27. The van der Waals surface area contributed by atoms with Crippen molar-refractivity contribution in [3.8, 4) is 5.95 Å². The highest BCUT2D eigenvalue weighted by molar-refractivity contribution is 5.19. The van der Waals surface area contributed by atoms with E-state index < -0.39 is 11.9 Å². The maximum Gasteiger partial charge on any atom is 0.433 e. The number of alkyl halides is 3. The third kappa shape index (κ3) is 2.48. The van der Waals surface area contributed by atoms with Gasteiger partial charge in [0, 0.05) is 25.0 Å². The molecule has 0 unspecified atom stereocenters. The molecule has 2 heterocycles. The molecule has 0 fully saturated rings. The van der Waals surface area contributed by atoms with Gasteiger partial charge >= 0.3 is 6.18 Å². The average Bonchev–Trinajstić information content (AvgIpc) is 2.77. The Kier molecular flexibility index (Phi) is 3.28. The number of nitrogens with two attached hydrogens (primary N) is 1. The van der Waals surface area contributed by atoms with Crippen molar-refractivity contribution in [2.75, 3.05) is 6.54 Å². The molecule has 0 aliphatic rings. The Morgan fingerprint density at radius 3 is 2.67 bits per heavy atom. The van der Waals surface area contributed by atoms with Crippen molar-refractivity contribution in [2.24, 2.45) is 5.73 Å². The summed E-state index contributed by atoms with van der Waals surface area (Å²) < 4.78 is 39.0. The molecule has 0 saturated heterocycles. The maximum atomic E-state index is 12.5. The second-order valence-electron chi connectivity index (χ2n) is 3.49. The van der Waals surface area contributed by atoms with Crippen LogP contribution in [0.5, 0.6) is 0 Å². The molecule has 2 aromatic rings. The Hall–Kier alpha value is -1.96. The van der Waals surface area contributed by atoms with Crippen molar-refractivity contribution in [3.63, 3.8) is 0 Å². The van der Waals surface area contributed by atoms with E-state index in [9.17, 15) is 13.2 Å². The number of nitrogens with zero attached hydrogens (tertiary/aromatic N) is 4. The van der Waals surface area contributed by atoms with E-state index in [0.29, 0.717) is 18.8 Å². The number of imidazole rings is 1. The largest absolute Gasteiger partial charge is 0.433 e. The van der Waals surface area contributed by atoms with Gasteiger partial charge in [-0.3, -0.25) is 4.57 Å². The van der Waals surface area contributed by atoms with Crippen molar-refractivity contribution in [3.05, 3.63) is 36.2 Å². The van der Waals surface area contributed by atoms with Gasteiger partial charge in [-0.15, -0.1) is 0 Å². The van der Waals surface area contributed by atoms with Crippen LogP contribution in [0.3, 0.4) is 0 Å². The summed E-state index contributed by atoms with van der Waals surface area (Å²) in [6.45, 7) is 0.343. The van der Waals surface area contributed by atoms with Gasteiger partial charge in [-0.2, -0.15) is 13.2 Å². The minimum Gasteiger partial charge on any atom is -0.330 e. The quantitative estimate of drug-likeness (QED) is 0.896. The number of hydrogen-bond acceptors (Lipinski definition) is 4. The third-order valence-electron chi connectivity index (χ3n) is 2.23. The van der Waals surface area contributed by atoms with Crippen LogP contribution >= 0.6 is 0 Å². The fraction of sp³-hybridized carbons (Fsp3) is 0.300. The zero-order valence-electron chi connectivity index (χ0n) is 9.22. The predicted octanol–water partition coefficient (Wildman–Crippen LogP) is 1.18. The van der Waals surface area contributed by atoms with Crippen molar-refractivity contribution < 1.29 is 13.2 Å². The zero-order chi connectivity index (χ0) is 13.2. The average molecular weight is 257 g/mol. The first-order chi connectivity index (χ1) is 8.52. The van der Waals surface area contributed by atoms with Crippen LogP contribution in [0.25, 0.3) is 5.95 Å². The van der Waals surface area contributed by atoms with Gasteiger partial charge in [0.15, 0.2) is 0 Å². The van der Waals surface area contributed by atoms with Gasteiger partial charge in [0.2, 0.25) is 5.95 Å². The van der Waals surface area contributed by atoms with Gasteiger partial charge in [-0.05, 0) is 12.6 Å². The SMILES string of the molecule is NCCc1nccn1-c1nccc(C(F)(F)F)n1. The van der Waals surface area contributed by atoms with E-state index in [0.717, 1.165) is 12.3 Å². The fourth-order valence-corrected chi connectivity index (χ4v) is 1.45. The summed E-state index contributed by atoms with van der Waals surface area (Å²) in [5.41, 5.74) is 4.41. The molecular formula is C10H10F3N5. The van der Waals surface area contributed by atoms with Crippen molar-refractivity contribution in [1.82, 2.24) is 19.5 Å². The van der Waals surface area contributed by atoms with Gasteiger partial charge in [-0.1, -0.05) is 0 Å². The van der Waals surface area contributed by atoms with E-state index in [1.807, 2.05) is 0 Å². The van der Waals surface area contributed by atoms with Crippen LogP contribution in [0, 0.1) is 0 Å². The summed E-state index contributed by atoms with van der Waals surface area (Å²) in [4.78, 5) is 11.3. The molecule has 2 rings (SSSR count). The smallest absolute Gasteiger partial charge is 0.330 e. The summed E-state index contributed by atoms with van der Waals surface area (Å²) in [6, 6.07) is 0.822.